The normalized spacial score (nSPS) is 10.7. The molecule has 2 N–H and O–H groups in total. The van der Waals surface area contributed by atoms with E-state index in [1.165, 1.54) is 6.21 Å². The van der Waals surface area contributed by atoms with E-state index in [1.807, 2.05) is 6.07 Å². The molecule has 6 heteroatoms. The Labute approximate surface area is 134 Å². The van der Waals surface area contributed by atoms with Crippen LogP contribution in [0.5, 0.6) is 5.75 Å². The molecule has 0 fully saturated rings. The van der Waals surface area contributed by atoms with Crippen LogP contribution in [0.2, 0.25) is 5.02 Å². The molecule has 0 heterocycles. The number of benzene rings is 2. The Morgan fingerprint density at radius 1 is 1.30 bits per heavy atom. The van der Waals surface area contributed by atoms with Crippen LogP contribution in [-0.4, -0.2) is 17.2 Å². The summed E-state index contributed by atoms with van der Waals surface area (Å²) in [7, 11) is 0. The van der Waals surface area contributed by atoms with Crippen LogP contribution in [0.4, 0.5) is 0 Å². The highest BCUT2D eigenvalue weighted by Crippen LogP contribution is 2.18. The van der Waals surface area contributed by atoms with Crippen LogP contribution in [0.3, 0.4) is 0 Å². The second-order valence-corrected chi connectivity index (χ2v) is 5.53. The molecule has 0 saturated heterocycles. The number of phenolic OH excluding ortho intramolecular Hbond substituents is 1. The van der Waals surface area contributed by atoms with Gasteiger partial charge in [0, 0.05) is 9.13 Å². The molecule has 1 amide bonds. The smallest absolute Gasteiger partial charge is 0.272 e. The van der Waals surface area contributed by atoms with E-state index in [2.05, 4.69) is 33.1 Å². The van der Waals surface area contributed by atoms with E-state index in [1.54, 1.807) is 36.4 Å². The Morgan fingerprint density at radius 3 is 2.80 bits per heavy atom. The van der Waals surface area contributed by atoms with E-state index in [0.717, 1.165) is 3.57 Å². The van der Waals surface area contributed by atoms with E-state index < -0.39 is 5.91 Å². The summed E-state index contributed by atoms with van der Waals surface area (Å²) in [6.07, 6.45) is 1.37. The summed E-state index contributed by atoms with van der Waals surface area (Å²) < 4.78 is 0.904. The van der Waals surface area contributed by atoms with Crippen LogP contribution < -0.4 is 5.43 Å². The van der Waals surface area contributed by atoms with E-state index in [-0.39, 0.29) is 5.75 Å². The maximum Gasteiger partial charge on any atom is 0.272 e. The molecule has 0 radical (unpaired) electrons. The zero-order valence-corrected chi connectivity index (χ0v) is 13.1. The first kappa shape index (κ1) is 14.8. The van der Waals surface area contributed by atoms with Gasteiger partial charge in [-0.05, 0) is 52.9 Å². The zero-order valence-electron chi connectivity index (χ0n) is 10.2. The fourth-order valence-corrected chi connectivity index (χ4v) is 2.18. The van der Waals surface area contributed by atoms with Crippen molar-refractivity contribution in [2.75, 3.05) is 0 Å². The highest BCUT2D eigenvalue weighted by atomic mass is 127. The van der Waals surface area contributed by atoms with Crippen molar-refractivity contribution in [1.82, 2.24) is 5.43 Å². The number of halogens is 2. The zero-order chi connectivity index (χ0) is 14.5. The van der Waals surface area contributed by atoms with Gasteiger partial charge in [0.25, 0.3) is 5.91 Å². The number of aromatic hydroxyl groups is 1. The first-order chi connectivity index (χ1) is 9.58. The second-order valence-electron chi connectivity index (χ2n) is 3.88. The number of nitrogens with zero attached hydrogens (tertiary/aromatic N) is 1. The lowest BCUT2D eigenvalue weighted by Crippen LogP contribution is -2.18. The average molecular weight is 401 g/mol. The predicted molar refractivity (Wildman–Crippen MR) is 87.3 cm³/mol. The molecule has 0 saturated carbocycles. The van der Waals surface area contributed by atoms with Gasteiger partial charge in [-0.25, -0.2) is 5.43 Å². The lowest BCUT2D eigenvalue weighted by atomic mass is 10.2. The van der Waals surface area contributed by atoms with Gasteiger partial charge in [-0.15, -0.1) is 0 Å². The molecule has 0 aliphatic heterocycles. The average Bonchev–Trinajstić information content (AvgIpc) is 2.43. The molecule has 0 aromatic heterocycles. The van der Waals surface area contributed by atoms with E-state index in [9.17, 15) is 9.90 Å². The van der Waals surface area contributed by atoms with Crippen molar-refractivity contribution in [3.05, 3.63) is 62.2 Å². The molecule has 0 spiro atoms. The lowest BCUT2D eigenvalue weighted by Gasteiger charge is -2.03. The summed E-state index contributed by atoms with van der Waals surface area (Å²) in [6.45, 7) is 0. The van der Waals surface area contributed by atoms with Crippen molar-refractivity contribution in [1.29, 1.82) is 0 Å². The second kappa shape index (κ2) is 6.71. The van der Waals surface area contributed by atoms with Crippen LogP contribution in [0.25, 0.3) is 0 Å². The number of phenols is 1. The van der Waals surface area contributed by atoms with Crippen molar-refractivity contribution in [3.63, 3.8) is 0 Å². The van der Waals surface area contributed by atoms with Crippen LogP contribution in [0, 0.1) is 3.57 Å². The topological polar surface area (TPSA) is 61.7 Å². The monoisotopic (exact) mass is 400 g/mol. The molecule has 0 aliphatic rings. The van der Waals surface area contributed by atoms with Crippen molar-refractivity contribution < 1.29 is 9.90 Å². The van der Waals surface area contributed by atoms with Crippen molar-refractivity contribution in [2.24, 2.45) is 5.10 Å². The number of amides is 1. The Kier molecular flexibility index (Phi) is 4.97. The summed E-state index contributed by atoms with van der Waals surface area (Å²) in [5.74, 6) is -0.307. The minimum Gasteiger partial charge on any atom is -0.507 e. The van der Waals surface area contributed by atoms with Gasteiger partial charge < -0.3 is 5.11 Å². The summed E-state index contributed by atoms with van der Waals surface area (Å²) in [4.78, 5) is 11.9. The Morgan fingerprint density at radius 2 is 2.05 bits per heavy atom. The van der Waals surface area contributed by atoms with Crippen LogP contribution >= 0.6 is 34.2 Å². The first-order valence-corrected chi connectivity index (χ1v) is 7.10. The number of nitrogens with one attached hydrogen (secondary N) is 1. The molecule has 0 bridgehead atoms. The number of carbonyl (C=O) groups excluding carboxylic acids is 1. The Bertz CT molecular complexity index is 674. The van der Waals surface area contributed by atoms with Gasteiger partial charge in [-0.2, -0.15) is 5.10 Å². The van der Waals surface area contributed by atoms with Gasteiger partial charge in [-0.3, -0.25) is 4.79 Å². The number of carbonyl (C=O) groups is 1. The van der Waals surface area contributed by atoms with Gasteiger partial charge in [-0.1, -0.05) is 23.7 Å². The fourth-order valence-electron chi connectivity index (χ4n) is 1.49. The molecule has 0 unspecified atom stereocenters. The van der Waals surface area contributed by atoms with Crippen LogP contribution in [0.1, 0.15) is 15.9 Å². The largest absolute Gasteiger partial charge is 0.507 e. The number of hydrogen-bond acceptors (Lipinski definition) is 3. The standard InChI is InChI=1S/C14H10ClIN2O2/c15-12-6-5-10(16)7-11(12)14(20)18-17-8-9-3-1-2-4-13(9)19/h1-8,19H,(H,18,20)/b17-8+. The molecular weight excluding hydrogens is 391 g/mol. The van der Waals surface area contributed by atoms with Gasteiger partial charge >= 0.3 is 0 Å². The quantitative estimate of drug-likeness (QED) is 0.471. The number of para-hydroxylation sites is 1. The van der Waals surface area contributed by atoms with E-state index in [0.29, 0.717) is 16.1 Å². The Hall–Kier alpha value is -1.60. The molecule has 0 aliphatic carbocycles. The number of rotatable bonds is 3. The summed E-state index contributed by atoms with van der Waals surface area (Å²) in [5, 5.41) is 13.7. The predicted octanol–water partition coefficient (Wildman–Crippen LogP) is 3.41. The van der Waals surface area contributed by atoms with Crippen LogP contribution in [-0.2, 0) is 0 Å². The highest BCUT2D eigenvalue weighted by molar-refractivity contribution is 14.1. The minimum atomic E-state index is -0.403. The van der Waals surface area contributed by atoms with Crippen LogP contribution in [0.15, 0.2) is 47.6 Å². The molecule has 2 rings (SSSR count). The van der Waals surface area contributed by atoms with Gasteiger partial charge in [0.2, 0.25) is 0 Å². The molecular formula is C14H10ClIN2O2. The maximum absolute atomic E-state index is 11.9. The molecule has 20 heavy (non-hydrogen) atoms. The van der Waals surface area contributed by atoms with Crippen molar-refractivity contribution in [3.8, 4) is 5.75 Å². The minimum absolute atomic E-state index is 0.0952. The van der Waals surface area contributed by atoms with Gasteiger partial charge in [0.15, 0.2) is 0 Å². The fraction of sp³-hybridized carbons (Fsp3) is 0. The van der Waals surface area contributed by atoms with Gasteiger partial charge in [0.1, 0.15) is 5.75 Å². The molecule has 102 valence electrons. The molecule has 0 atom stereocenters. The summed E-state index contributed by atoms with van der Waals surface area (Å²) in [6, 6.07) is 11.8. The lowest BCUT2D eigenvalue weighted by molar-refractivity contribution is 0.0955. The molecule has 2 aromatic rings. The summed E-state index contributed by atoms with van der Waals surface area (Å²) >= 11 is 8.05. The summed E-state index contributed by atoms with van der Waals surface area (Å²) in [5.41, 5.74) is 3.24. The van der Waals surface area contributed by atoms with Crippen molar-refractivity contribution >= 4 is 46.3 Å². The van der Waals surface area contributed by atoms with E-state index >= 15 is 0 Å². The SMILES string of the molecule is O=C(N/N=C/c1ccccc1O)c1cc(I)ccc1Cl. The Balaban J connectivity index is 2.09. The third kappa shape index (κ3) is 3.71. The third-order valence-electron chi connectivity index (χ3n) is 2.48. The first-order valence-electron chi connectivity index (χ1n) is 5.64. The third-order valence-corrected chi connectivity index (χ3v) is 3.48. The van der Waals surface area contributed by atoms with Gasteiger partial charge in [0.05, 0.1) is 16.8 Å². The molecule has 4 nitrogen and oxygen atoms in total. The molecule has 2 aromatic carbocycles. The van der Waals surface area contributed by atoms with Crippen molar-refractivity contribution in [2.45, 2.75) is 0 Å². The highest BCUT2D eigenvalue weighted by Gasteiger charge is 2.09. The maximum atomic E-state index is 11.9. The number of hydrogen-bond donors (Lipinski definition) is 2. The van der Waals surface area contributed by atoms with E-state index in [4.69, 9.17) is 11.6 Å². The number of hydrazone groups is 1.